The Hall–Kier alpha value is -0.450. The number of rotatable bonds is 6. The molecule has 20 heavy (non-hydrogen) atoms. The molecular formula is C16H27N3S. The van der Waals surface area contributed by atoms with E-state index in [1.165, 1.54) is 54.4 Å². The number of aromatic nitrogens is 1. The summed E-state index contributed by atoms with van der Waals surface area (Å²) in [5.41, 5.74) is 1.41. The lowest BCUT2D eigenvalue weighted by Gasteiger charge is -2.29. The summed E-state index contributed by atoms with van der Waals surface area (Å²) in [6, 6.07) is 0. The lowest BCUT2D eigenvalue weighted by molar-refractivity contribution is 0.176. The fourth-order valence-electron chi connectivity index (χ4n) is 3.14. The van der Waals surface area contributed by atoms with Gasteiger partial charge in [0, 0.05) is 23.9 Å². The Morgan fingerprint density at radius 3 is 2.90 bits per heavy atom. The predicted molar refractivity (Wildman–Crippen MR) is 85.1 cm³/mol. The average molecular weight is 293 g/mol. The molecule has 0 spiro atoms. The van der Waals surface area contributed by atoms with Crippen molar-refractivity contribution < 1.29 is 0 Å². The summed E-state index contributed by atoms with van der Waals surface area (Å²) < 4.78 is 0. The molecule has 1 saturated carbocycles. The lowest BCUT2D eigenvalue weighted by Crippen LogP contribution is -2.33. The van der Waals surface area contributed by atoms with Gasteiger partial charge in [0.05, 0.1) is 12.2 Å². The molecule has 1 N–H and O–H groups in total. The summed E-state index contributed by atoms with van der Waals surface area (Å²) in [4.78, 5) is 9.07. The topological polar surface area (TPSA) is 28.2 Å². The van der Waals surface area contributed by atoms with Crippen LogP contribution in [0, 0.1) is 5.92 Å². The molecule has 2 heterocycles. The fourth-order valence-corrected chi connectivity index (χ4v) is 4.31. The van der Waals surface area contributed by atoms with Crippen LogP contribution in [0.2, 0.25) is 0 Å². The third kappa shape index (κ3) is 3.60. The first-order valence-corrected chi connectivity index (χ1v) is 8.99. The van der Waals surface area contributed by atoms with E-state index >= 15 is 0 Å². The van der Waals surface area contributed by atoms with E-state index in [9.17, 15) is 0 Å². The molecule has 3 rings (SSSR count). The maximum absolute atomic E-state index is 4.98. The standard InChI is InChI=1S/C16H27N3S/c1-3-17-9-14-16(13-6-7-13)18-15(20-14)11-19-8-4-5-12(2)10-19/h12-13,17H,3-11H2,1-2H3. The molecule has 1 saturated heterocycles. The quantitative estimate of drug-likeness (QED) is 0.871. The zero-order valence-corrected chi connectivity index (χ0v) is 13.6. The van der Waals surface area contributed by atoms with E-state index in [0.29, 0.717) is 0 Å². The Kier molecular flexibility index (Phi) is 4.74. The second kappa shape index (κ2) is 6.54. The summed E-state index contributed by atoms with van der Waals surface area (Å²) in [7, 11) is 0. The highest BCUT2D eigenvalue weighted by Gasteiger charge is 2.29. The van der Waals surface area contributed by atoms with Crippen molar-refractivity contribution in [2.24, 2.45) is 5.92 Å². The second-order valence-electron chi connectivity index (χ2n) is 6.45. The molecule has 3 nitrogen and oxygen atoms in total. The second-order valence-corrected chi connectivity index (χ2v) is 7.62. The van der Waals surface area contributed by atoms with Crippen LogP contribution in [-0.2, 0) is 13.1 Å². The van der Waals surface area contributed by atoms with Gasteiger partial charge >= 0.3 is 0 Å². The third-order valence-electron chi connectivity index (χ3n) is 4.37. The van der Waals surface area contributed by atoms with Crippen LogP contribution in [0.5, 0.6) is 0 Å². The number of thiazole rings is 1. The van der Waals surface area contributed by atoms with Gasteiger partial charge in [-0.2, -0.15) is 0 Å². The van der Waals surface area contributed by atoms with Gasteiger partial charge in [0.2, 0.25) is 0 Å². The van der Waals surface area contributed by atoms with Gasteiger partial charge < -0.3 is 5.32 Å². The van der Waals surface area contributed by atoms with Crippen LogP contribution in [-0.4, -0.2) is 29.5 Å². The van der Waals surface area contributed by atoms with Gasteiger partial charge in [-0.05, 0) is 44.7 Å². The van der Waals surface area contributed by atoms with E-state index in [2.05, 4.69) is 24.1 Å². The molecule has 2 fully saturated rings. The van der Waals surface area contributed by atoms with Gasteiger partial charge in [-0.25, -0.2) is 4.98 Å². The van der Waals surface area contributed by atoms with Crippen LogP contribution in [0.4, 0.5) is 0 Å². The van der Waals surface area contributed by atoms with E-state index in [-0.39, 0.29) is 0 Å². The molecule has 0 aromatic carbocycles. The van der Waals surface area contributed by atoms with Crippen molar-refractivity contribution in [2.45, 2.75) is 58.5 Å². The van der Waals surface area contributed by atoms with Crippen molar-refractivity contribution in [1.82, 2.24) is 15.2 Å². The molecule has 112 valence electrons. The van der Waals surface area contributed by atoms with Crippen LogP contribution in [0.3, 0.4) is 0 Å². The molecule has 1 unspecified atom stereocenters. The number of nitrogens with zero attached hydrogens (tertiary/aromatic N) is 2. The van der Waals surface area contributed by atoms with E-state index in [1.807, 2.05) is 11.3 Å². The smallest absolute Gasteiger partial charge is 0.107 e. The monoisotopic (exact) mass is 293 g/mol. The van der Waals surface area contributed by atoms with Crippen molar-refractivity contribution in [1.29, 1.82) is 0 Å². The number of piperidine rings is 1. The largest absolute Gasteiger partial charge is 0.312 e. The number of hydrogen-bond acceptors (Lipinski definition) is 4. The SMILES string of the molecule is CCNCc1sc(CN2CCCC(C)C2)nc1C1CC1. The lowest BCUT2D eigenvalue weighted by atomic mass is 10.0. The maximum atomic E-state index is 4.98. The Bertz CT molecular complexity index is 439. The van der Waals surface area contributed by atoms with Gasteiger partial charge in [0.1, 0.15) is 5.01 Å². The normalized spacial score (nSPS) is 24.2. The van der Waals surface area contributed by atoms with Crippen LogP contribution in [0.25, 0.3) is 0 Å². The molecule has 0 amide bonds. The van der Waals surface area contributed by atoms with Crippen molar-refractivity contribution in [3.8, 4) is 0 Å². The Labute approximate surface area is 126 Å². The Balaban J connectivity index is 1.66. The zero-order chi connectivity index (χ0) is 13.9. The minimum absolute atomic E-state index is 0.772. The highest BCUT2D eigenvalue weighted by molar-refractivity contribution is 7.11. The molecule has 1 aliphatic carbocycles. The van der Waals surface area contributed by atoms with E-state index in [4.69, 9.17) is 4.98 Å². The van der Waals surface area contributed by atoms with Gasteiger partial charge in [0.15, 0.2) is 0 Å². The first kappa shape index (κ1) is 14.5. The molecule has 0 radical (unpaired) electrons. The molecule has 1 atom stereocenters. The molecular weight excluding hydrogens is 266 g/mol. The summed E-state index contributed by atoms with van der Waals surface area (Å²) in [6.07, 6.45) is 5.45. The summed E-state index contributed by atoms with van der Waals surface area (Å²) in [5.74, 6) is 1.63. The highest BCUT2D eigenvalue weighted by atomic mass is 32.1. The molecule has 1 aromatic rings. The van der Waals surface area contributed by atoms with Crippen molar-refractivity contribution in [3.05, 3.63) is 15.6 Å². The minimum atomic E-state index is 0.772. The molecule has 4 heteroatoms. The Morgan fingerprint density at radius 2 is 2.20 bits per heavy atom. The zero-order valence-electron chi connectivity index (χ0n) is 12.8. The molecule has 0 bridgehead atoms. The van der Waals surface area contributed by atoms with Crippen LogP contribution >= 0.6 is 11.3 Å². The molecule has 2 aliphatic rings. The van der Waals surface area contributed by atoms with Crippen molar-refractivity contribution in [3.63, 3.8) is 0 Å². The number of likely N-dealkylation sites (tertiary alicyclic amines) is 1. The van der Waals surface area contributed by atoms with Crippen molar-refractivity contribution in [2.75, 3.05) is 19.6 Å². The number of nitrogens with one attached hydrogen (secondary N) is 1. The summed E-state index contributed by atoms with van der Waals surface area (Å²) >= 11 is 1.95. The van der Waals surface area contributed by atoms with Crippen LogP contribution in [0.15, 0.2) is 0 Å². The third-order valence-corrected chi connectivity index (χ3v) is 5.43. The summed E-state index contributed by atoms with van der Waals surface area (Å²) in [6.45, 7) is 10.2. The highest BCUT2D eigenvalue weighted by Crippen LogP contribution is 2.42. The maximum Gasteiger partial charge on any atom is 0.107 e. The predicted octanol–water partition coefficient (Wildman–Crippen LogP) is 3.36. The van der Waals surface area contributed by atoms with Crippen molar-refractivity contribution >= 4 is 11.3 Å². The van der Waals surface area contributed by atoms with Gasteiger partial charge in [0.25, 0.3) is 0 Å². The van der Waals surface area contributed by atoms with E-state index in [0.717, 1.165) is 31.5 Å². The average Bonchev–Trinajstić information content (AvgIpc) is 3.19. The molecule has 1 aromatic heterocycles. The summed E-state index contributed by atoms with van der Waals surface area (Å²) in [5, 5.41) is 4.81. The van der Waals surface area contributed by atoms with Gasteiger partial charge in [-0.3, -0.25) is 4.90 Å². The van der Waals surface area contributed by atoms with Crippen LogP contribution in [0.1, 0.15) is 61.0 Å². The first-order chi connectivity index (χ1) is 9.76. The molecule has 1 aliphatic heterocycles. The number of hydrogen-bond donors (Lipinski definition) is 1. The van der Waals surface area contributed by atoms with Crippen LogP contribution < -0.4 is 5.32 Å². The first-order valence-electron chi connectivity index (χ1n) is 8.17. The van der Waals surface area contributed by atoms with Gasteiger partial charge in [-0.15, -0.1) is 11.3 Å². The minimum Gasteiger partial charge on any atom is -0.312 e. The Morgan fingerprint density at radius 1 is 1.35 bits per heavy atom. The fraction of sp³-hybridized carbons (Fsp3) is 0.812. The van der Waals surface area contributed by atoms with E-state index < -0.39 is 0 Å². The van der Waals surface area contributed by atoms with Gasteiger partial charge in [-0.1, -0.05) is 13.8 Å². The van der Waals surface area contributed by atoms with E-state index in [1.54, 1.807) is 0 Å².